The molecule has 0 fully saturated rings. The van der Waals surface area contributed by atoms with Crippen LogP contribution in [-0.4, -0.2) is 44.2 Å². The number of aliphatic hydroxyl groups is 1. The predicted octanol–water partition coefficient (Wildman–Crippen LogP) is -0.251. The molecular formula is C8H19NO3. The van der Waals surface area contributed by atoms with Crippen molar-refractivity contribution in [3.8, 4) is 0 Å². The lowest BCUT2D eigenvalue weighted by Gasteiger charge is -2.20. The summed E-state index contributed by atoms with van der Waals surface area (Å²) >= 11 is 0. The van der Waals surface area contributed by atoms with Gasteiger partial charge in [0.05, 0.1) is 19.8 Å². The summed E-state index contributed by atoms with van der Waals surface area (Å²) in [6.07, 6.45) is 0.660. The van der Waals surface area contributed by atoms with Gasteiger partial charge in [0.1, 0.15) is 0 Å². The number of methoxy groups -OCH3 is 1. The molecular weight excluding hydrogens is 158 g/mol. The van der Waals surface area contributed by atoms with Gasteiger partial charge in [-0.3, -0.25) is 0 Å². The van der Waals surface area contributed by atoms with Crippen LogP contribution in [0.2, 0.25) is 0 Å². The highest BCUT2D eigenvalue weighted by Gasteiger charge is 2.15. The van der Waals surface area contributed by atoms with Crippen LogP contribution in [0, 0.1) is 0 Å². The van der Waals surface area contributed by atoms with Gasteiger partial charge in [-0.05, 0) is 13.3 Å². The van der Waals surface area contributed by atoms with E-state index in [0.717, 1.165) is 0 Å². The SMILES string of the molecule is COCCOCCC(C)(N)CO. The van der Waals surface area contributed by atoms with Crippen molar-refractivity contribution in [3.63, 3.8) is 0 Å². The van der Waals surface area contributed by atoms with E-state index < -0.39 is 5.54 Å². The molecule has 1 atom stereocenters. The zero-order valence-corrected chi connectivity index (χ0v) is 7.88. The first-order valence-corrected chi connectivity index (χ1v) is 4.09. The van der Waals surface area contributed by atoms with Crippen molar-refractivity contribution in [2.45, 2.75) is 18.9 Å². The fraction of sp³-hybridized carbons (Fsp3) is 1.00. The minimum absolute atomic E-state index is 0.0133. The maximum Gasteiger partial charge on any atom is 0.0700 e. The molecule has 3 N–H and O–H groups in total. The van der Waals surface area contributed by atoms with Gasteiger partial charge in [0.15, 0.2) is 0 Å². The number of ether oxygens (including phenoxy) is 2. The van der Waals surface area contributed by atoms with Crippen LogP contribution in [0.25, 0.3) is 0 Å². The standard InChI is InChI=1S/C8H19NO3/c1-8(9,7-10)3-4-12-6-5-11-2/h10H,3-7,9H2,1-2H3. The Bertz CT molecular complexity index is 106. The maximum atomic E-state index is 8.79. The van der Waals surface area contributed by atoms with E-state index in [0.29, 0.717) is 26.2 Å². The van der Waals surface area contributed by atoms with Crippen molar-refractivity contribution in [3.05, 3.63) is 0 Å². The first-order valence-electron chi connectivity index (χ1n) is 4.09. The smallest absolute Gasteiger partial charge is 0.0700 e. The molecule has 0 heterocycles. The molecule has 0 radical (unpaired) electrons. The van der Waals surface area contributed by atoms with Crippen LogP contribution in [-0.2, 0) is 9.47 Å². The Kier molecular flexibility index (Phi) is 6.28. The van der Waals surface area contributed by atoms with Crippen molar-refractivity contribution >= 4 is 0 Å². The molecule has 0 aliphatic rings. The average Bonchev–Trinajstić information content (AvgIpc) is 2.04. The zero-order chi connectivity index (χ0) is 9.45. The lowest BCUT2D eigenvalue weighted by molar-refractivity contribution is 0.0563. The lowest BCUT2D eigenvalue weighted by Crippen LogP contribution is -2.41. The van der Waals surface area contributed by atoms with Crippen LogP contribution in [0.1, 0.15) is 13.3 Å². The summed E-state index contributed by atoms with van der Waals surface area (Å²) in [6.45, 7) is 3.53. The van der Waals surface area contributed by atoms with Gasteiger partial charge in [-0.25, -0.2) is 0 Å². The van der Waals surface area contributed by atoms with E-state index >= 15 is 0 Å². The van der Waals surface area contributed by atoms with Gasteiger partial charge < -0.3 is 20.3 Å². The van der Waals surface area contributed by atoms with Crippen LogP contribution in [0.3, 0.4) is 0 Å². The van der Waals surface area contributed by atoms with Gasteiger partial charge in [0, 0.05) is 19.3 Å². The number of nitrogens with two attached hydrogens (primary N) is 1. The molecule has 0 rings (SSSR count). The van der Waals surface area contributed by atoms with Crippen molar-refractivity contribution in [2.75, 3.05) is 33.5 Å². The highest BCUT2D eigenvalue weighted by atomic mass is 16.5. The molecule has 0 bridgehead atoms. The van der Waals surface area contributed by atoms with Crippen LogP contribution < -0.4 is 5.73 Å². The van der Waals surface area contributed by atoms with Crippen molar-refractivity contribution in [1.82, 2.24) is 0 Å². The van der Waals surface area contributed by atoms with Crippen LogP contribution >= 0.6 is 0 Å². The normalized spacial score (nSPS) is 16.0. The van der Waals surface area contributed by atoms with E-state index in [4.69, 9.17) is 20.3 Å². The Hall–Kier alpha value is -0.160. The maximum absolute atomic E-state index is 8.79. The minimum atomic E-state index is -0.521. The summed E-state index contributed by atoms with van der Waals surface area (Å²) in [5.41, 5.74) is 5.15. The Morgan fingerprint density at radius 1 is 1.33 bits per heavy atom. The second-order valence-electron chi connectivity index (χ2n) is 3.17. The molecule has 0 aliphatic carbocycles. The van der Waals surface area contributed by atoms with Crippen LogP contribution in [0.5, 0.6) is 0 Å². The largest absolute Gasteiger partial charge is 0.394 e. The molecule has 0 saturated heterocycles. The van der Waals surface area contributed by atoms with Crippen LogP contribution in [0.4, 0.5) is 0 Å². The van der Waals surface area contributed by atoms with Gasteiger partial charge >= 0.3 is 0 Å². The van der Waals surface area contributed by atoms with Gasteiger partial charge in [0.25, 0.3) is 0 Å². The quantitative estimate of drug-likeness (QED) is 0.526. The Balaban J connectivity index is 3.19. The summed E-state index contributed by atoms with van der Waals surface area (Å²) in [5.74, 6) is 0. The van der Waals surface area contributed by atoms with E-state index in [1.165, 1.54) is 0 Å². The summed E-state index contributed by atoms with van der Waals surface area (Å²) < 4.78 is 9.99. The molecule has 1 unspecified atom stereocenters. The minimum Gasteiger partial charge on any atom is -0.394 e. The second kappa shape index (κ2) is 6.37. The third-order valence-electron chi connectivity index (χ3n) is 1.61. The fourth-order valence-corrected chi connectivity index (χ4v) is 0.629. The summed E-state index contributed by atoms with van der Waals surface area (Å²) in [5, 5.41) is 8.79. The van der Waals surface area contributed by atoms with Crippen molar-refractivity contribution < 1.29 is 14.6 Å². The van der Waals surface area contributed by atoms with E-state index in [2.05, 4.69) is 0 Å². The highest BCUT2D eigenvalue weighted by molar-refractivity contribution is 4.76. The number of hydrogen-bond donors (Lipinski definition) is 2. The third kappa shape index (κ3) is 6.54. The molecule has 4 heteroatoms. The van der Waals surface area contributed by atoms with E-state index in [9.17, 15) is 0 Å². The van der Waals surface area contributed by atoms with Gasteiger partial charge in [-0.15, -0.1) is 0 Å². The molecule has 0 aromatic rings. The van der Waals surface area contributed by atoms with Crippen molar-refractivity contribution in [2.24, 2.45) is 5.73 Å². The lowest BCUT2D eigenvalue weighted by atomic mass is 10.0. The molecule has 0 amide bonds. The van der Waals surface area contributed by atoms with Crippen LogP contribution in [0.15, 0.2) is 0 Å². The molecule has 0 aromatic carbocycles. The van der Waals surface area contributed by atoms with Gasteiger partial charge in [-0.2, -0.15) is 0 Å². The van der Waals surface area contributed by atoms with E-state index in [-0.39, 0.29) is 6.61 Å². The Morgan fingerprint density at radius 2 is 2.00 bits per heavy atom. The van der Waals surface area contributed by atoms with Gasteiger partial charge in [-0.1, -0.05) is 0 Å². The average molecular weight is 177 g/mol. The molecule has 12 heavy (non-hydrogen) atoms. The molecule has 0 aliphatic heterocycles. The number of aliphatic hydroxyl groups excluding tert-OH is 1. The van der Waals surface area contributed by atoms with Gasteiger partial charge in [0.2, 0.25) is 0 Å². The first kappa shape index (κ1) is 11.8. The van der Waals surface area contributed by atoms with E-state index in [1.807, 2.05) is 0 Å². The molecule has 0 saturated carbocycles. The molecule has 4 nitrogen and oxygen atoms in total. The monoisotopic (exact) mass is 177 g/mol. The van der Waals surface area contributed by atoms with E-state index in [1.54, 1.807) is 14.0 Å². The Labute approximate surface area is 73.7 Å². The topological polar surface area (TPSA) is 64.7 Å². The predicted molar refractivity (Wildman–Crippen MR) is 47.0 cm³/mol. The Morgan fingerprint density at radius 3 is 2.50 bits per heavy atom. The summed E-state index contributed by atoms with van der Waals surface area (Å²) in [6, 6.07) is 0. The highest BCUT2D eigenvalue weighted by Crippen LogP contribution is 2.03. The fourth-order valence-electron chi connectivity index (χ4n) is 0.629. The third-order valence-corrected chi connectivity index (χ3v) is 1.61. The second-order valence-corrected chi connectivity index (χ2v) is 3.17. The van der Waals surface area contributed by atoms with Crippen molar-refractivity contribution in [1.29, 1.82) is 0 Å². The summed E-state index contributed by atoms with van der Waals surface area (Å²) in [7, 11) is 1.63. The number of hydrogen-bond acceptors (Lipinski definition) is 4. The molecule has 0 aromatic heterocycles. The zero-order valence-electron chi connectivity index (χ0n) is 7.88. The first-order chi connectivity index (χ1) is 5.62. The number of rotatable bonds is 7. The molecule has 74 valence electrons. The summed E-state index contributed by atoms with van der Waals surface area (Å²) in [4.78, 5) is 0. The molecule has 0 spiro atoms.